The molecule has 2 rings (SSSR count). The average Bonchev–Trinajstić information content (AvgIpc) is 2.88. The Bertz CT molecular complexity index is 473. The second-order valence-corrected chi connectivity index (χ2v) is 6.29. The number of nitrogens with one attached hydrogen (secondary N) is 1. The minimum atomic E-state index is -0.531. The lowest BCUT2D eigenvalue weighted by Crippen LogP contribution is -2.38. The molecule has 3 nitrogen and oxygen atoms in total. The number of nitrogen functional groups attached to an aromatic ring is 1. The molecule has 1 aromatic rings. The lowest BCUT2D eigenvalue weighted by molar-refractivity contribution is 0.0945. The van der Waals surface area contributed by atoms with Crippen LogP contribution < -0.4 is 11.1 Å². The molecular weight excluding hydrogens is 263 g/mol. The number of halogens is 1. The first-order chi connectivity index (χ1) is 9.06. The van der Waals surface area contributed by atoms with Gasteiger partial charge in [0.1, 0.15) is 5.82 Å². The van der Waals surface area contributed by atoms with Gasteiger partial charge in [0.15, 0.2) is 0 Å². The number of thioether (sulfide) groups is 1. The Kier molecular flexibility index (Phi) is 4.34. The molecule has 0 atom stereocenters. The first kappa shape index (κ1) is 14.2. The van der Waals surface area contributed by atoms with Crippen LogP contribution in [0.15, 0.2) is 18.2 Å². The van der Waals surface area contributed by atoms with E-state index in [1.165, 1.54) is 31.0 Å². The summed E-state index contributed by atoms with van der Waals surface area (Å²) in [5.74, 6) is -0.915. The van der Waals surface area contributed by atoms with Crippen molar-refractivity contribution >= 4 is 23.4 Å². The van der Waals surface area contributed by atoms with Crippen molar-refractivity contribution in [2.75, 3.05) is 18.5 Å². The van der Waals surface area contributed by atoms with E-state index < -0.39 is 5.82 Å². The predicted octanol–water partition coefficient (Wildman–Crippen LogP) is 2.81. The molecule has 0 saturated heterocycles. The van der Waals surface area contributed by atoms with Gasteiger partial charge in [-0.25, -0.2) is 4.39 Å². The van der Waals surface area contributed by atoms with Crippen LogP contribution in [0.3, 0.4) is 0 Å². The molecule has 0 aromatic heterocycles. The monoisotopic (exact) mass is 282 g/mol. The van der Waals surface area contributed by atoms with Gasteiger partial charge in [0.25, 0.3) is 5.91 Å². The van der Waals surface area contributed by atoms with Gasteiger partial charge in [0, 0.05) is 17.0 Å². The van der Waals surface area contributed by atoms with Gasteiger partial charge in [0.2, 0.25) is 0 Å². The quantitative estimate of drug-likeness (QED) is 0.835. The number of hydrogen-bond donors (Lipinski definition) is 2. The van der Waals surface area contributed by atoms with E-state index in [1.54, 1.807) is 11.8 Å². The molecule has 1 saturated carbocycles. The molecule has 0 aliphatic heterocycles. The maximum Gasteiger partial charge on any atom is 0.254 e. The summed E-state index contributed by atoms with van der Waals surface area (Å²) in [6, 6.07) is 4.06. The summed E-state index contributed by atoms with van der Waals surface area (Å²) in [4.78, 5) is 12.0. The van der Waals surface area contributed by atoms with Crippen molar-refractivity contribution in [2.45, 2.75) is 30.4 Å². The van der Waals surface area contributed by atoms with Crippen LogP contribution in [0.2, 0.25) is 0 Å². The molecule has 0 radical (unpaired) electrons. The predicted molar refractivity (Wildman–Crippen MR) is 77.9 cm³/mol. The molecule has 1 fully saturated rings. The van der Waals surface area contributed by atoms with Crippen LogP contribution in [0.1, 0.15) is 36.0 Å². The van der Waals surface area contributed by atoms with Crippen LogP contribution in [0.4, 0.5) is 10.1 Å². The summed E-state index contributed by atoms with van der Waals surface area (Å²) in [7, 11) is 0. The van der Waals surface area contributed by atoms with E-state index >= 15 is 0 Å². The number of anilines is 1. The van der Waals surface area contributed by atoms with Gasteiger partial charge >= 0.3 is 0 Å². The van der Waals surface area contributed by atoms with Gasteiger partial charge < -0.3 is 11.1 Å². The number of hydrogen-bond acceptors (Lipinski definition) is 3. The summed E-state index contributed by atoms with van der Waals surface area (Å²) in [5, 5.41) is 2.85. The summed E-state index contributed by atoms with van der Waals surface area (Å²) >= 11 is 1.79. The molecule has 0 heterocycles. The van der Waals surface area contributed by atoms with Crippen molar-refractivity contribution in [2.24, 2.45) is 0 Å². The van der Waals surface area contributed by atoms with Gasteiger partial charge in [-0.05, 0) is 37.3 Å². The molecule has 3 N–H and O–H groups in total. The van der Waals surface area contributed by atoms with Gasteiger partial charge in [0.05, 0.1) is 5.56 Å². The summed E-state index contributed by atoms with van der Waals surface area (Å²) < 4.78 is 13.7. The molecule has 1 aromatic carbocycles. The lowest BCUT2D eigenvalue weighted by Gasteiger charge is -2.26. The number of carbonyl (C=O) groups is 1. The first-order valence-corrected chi connectivity index (χ1v) is 7.67. The van der Waals surface area contributed by atoms with Crippen molar-refractivity contribution in [1.29, 1.82) is 0 Å². The van der Waals surface area contributed by atoms with E-state index in [0.29, 0.717) is 12.2 Å². The third kappa shape index (κ3) is 3.21. The minimum Gasteiger partial charge on any atom is -0.399 e. The van der Waals surface area contributed by atoms with E-state index in [-0.39, 0.29) is 16.2 Å². The Hall–Kier alpha value is -1.23. The van der Waals surface area contributed by atoms with Gasteiger partial charge in [-0.1, -0.05) is 12.8 Å². The zero-order valence-electron chi connectivity index (χ0n) is 11.0. The highest BCUT2D eigenvalue weighted by Gasteiger charge is 2.33. The van der Waals surface area contributed by atoms with Crippen molar-refractivity contribution in [3.63, 3.8) is 0 Å². The molecule has 0 spiro atoms. The van der Waals surface area contributed by atoms with E-state index in [9.17, 15) is 9.18 Å². The highest BCUT2D eigenvalue weighted by atomic mass is 32.2. The average molecular weight is 282 g/mol. The smallest absolute Gasteiger partial charge is 0.254 e. The van der Waals surface area contributed by atoms with Crippen molar-refractivity contribution < 1.29 is 9.18 Å². The topological polar surface area (TPSA) is 55.1 Å². The fourth-order valence-electron chi connectivity index (χ4n) is 2.53. The Morgan fingerprint density at radius 2 is 2.16 bits per heavy atom. The molecule has 0 unspecified atom stereocenters. The molecule has 1 aliphatic carbocycles. The third-order valence-corrected chi connectivity index (χ3v) is 5.17. The molecular formula is C14H19FN2OS. The van der Waals surface area contributed by atoms with Crippen LogP contribution >= 0.6 is 11.8 Å². The van der Waals surface area contributed by atoms with Crippen molar-refractivity contribution in [1.82, 2.24) is 5.32 Å². The van der Waals surface area contributed by atoms with E-state index in [4.69, 9.17) is 5.73 Å². The largest absolute Gasteiger partial charge is 0.399 e. The fourth-order valence-corrected chi connectivity index (χ4v) is 3.44. The SMILES string of the molecule is CSC1(CNC(=O)c2cc(N)ccc2F)CCCC1. The molecule has 19 heavy (non-hydrogen) atoms. The molecule has 1 aliphatic rings. The molecule has 5 heteroatoms. The van der Waals surface area contributed by atoms with E-state index in [1.807, 2.05) is 0 Å². The fraction of sp³-hybridized carbons (Fsp3) is 0.500. The zero-order valence-corrected chi connectivity index (χ0v) is 11.9. The highest BCUT2D eigenvalue weighted by Crippen LogP contribution is 2.39. The number of nitrogens with two attached hydrogens (primary N) is 1. The Morgan fingerprint density at radius 3 is 2.79 bits per heavy atom. The number of amides is 1. The Balaban J connectivity index is 2.03. The van der Waals surface area contributed by atoms with Gasteiger partial charge in [-0.3, -0.25) is 4.79 Å². The molecule has 0 bridgehead atoms. The Labute approximate surface area is 117 Å². The van der Waals surface area contributed by atoms with E-state index in [2.05, 4.69) is 11.6 Å². The normalized spacial score (nSPS) is 17.4. The van der Waals surface area contributed by atoms with E-state index in [0.717, 1.165) is 12.8 Å². The van der Waals surface area contributed by atoms with Crippen LogP contribution in [0.5, 0.6) is 0 Å². The number of carbonyl (C=O) groups excluding carboxylic acids is 1. The highest BCUT2D eigenvalue weighted by molar-refractivity contribution is 8.00. The zero-order chi connectivity index (χ0) is 13.9. The maximum absolute atomic E-state index is 13.6. The van der Waals surface area contributed by atoms with Crippen molar-refractivity contribution in [3.8, 4) is 0 Å². The second kappa shape index (κ2) is 5.82. The van der Waals surface area contributed by atoms with Crippen LogP contribution in [-0.4, -0.2) is 23.5 Å². The summed E-state index contributed by atoms with van der Waals surface area (Å²) in [5.41, 5.74) is 6.00. The van der Waals surface area contributed by atoms with Gasteiger partial charge in [-0.2, -0.15) is 11.8 Å². The summed E-state index contributed by atoms with van der Waals surface area (Å²) in [6.45, 7) is 0.585. The molecule has 104 valence electrons. The minimum absolute atomic E-state index is 0.0225. The first-order valence-electron chi connectivity index (χ1n) is 6.45. The van der Waals surface area contributed by atoms with Crippen LogP contribution in [0, 0.1) is 5.82 Å². The standard InChI is InChI=1S/C14H19FN2OS/c1-19-14(6-2-3-7-14)9-17-13(18)11-8-10(16)4-5-12(11)15/h4-5,8H,2-3,6-7,9,16H2,1H3,(H,17,18). The second-order valence-electron chi connectivity index (χ2n) is 5.02. The Morgan fingerprint density at radius 1 is 1.47 bits per heavy atom. The van der Waals surface area contributed by atoms with Crippen LogP contribution in [-0.2, 0) is 0 Å². The lowest BCUT2D eigenvalue weighted by atomic mass is 10.1. The van der Waals surface area contributed by atoms with Gasteiger partial charge in [-0.15, -0.1) is 0 Å². The number of benzene rings is 1. The number of rotatable bonds is 4. The van der Waals surface area contributed by atoms with Crippen LogP contribution in [0.25, 0.3) is 0 Å². The maximum atomic E-state index is 13.6. The summed E-state index contributed by atoms with van der Waals surface area (Å²) in [6.07, 6.45) is 6.67. The van der Waals surface area contributed by atoms with Crippen molar-refractivity contribution in [3.05, 3.63) is 29.6 Å². The molecule has 1 amide bonds. The third-order valence-electron chi connectivity index (χ3n) is 3.75.